The molecule has 0 amide bonds. The monoisotopic (exact) mass is 326 g/mol. The lowest BCUT2D eigenvalue weighted by Gasteiger charge is -2.16. The predicted molar refractivity (Wildman–Crippen MR) is 95.8 cm³/mol. The first-order valence-corrected chi connectivity index (χ1v) is 8.42. The molecule has 2 heterocycles. The number of aryl methyl sites for hydroxylation is 1. The summed E-state index contributed by atoms with van der Waals surface area (Å²) in [4.78, 5) is 9.09. The van der Waals surface area contributed by atoms with Crippen molar-refractivity contribution < 1.29 is 4.39 Å². The maximum Gasteiger partial charge on any atom is 0.154 e. The number of nitrogens with zero attached hydrogens (tertiary/aromatic N) is 3. The number of halogens is 1. The van der Waals surface area contributed by atoms with Gasteiger partial charge in [-0.2, -0.15) is 0 Å². The van der Waals surface area contributed by atoms with Gasteiger partial charge in [-0.15, -0.1) is 0 Å². The molecule has 0 aliphatic heterocycles. The zero-order valence-corrected chi connectivity index (χ0v) is 14.4. The van der Waals surface area contributed by atoms with Crippen molar-refractivity contribution in [1.82, 2.24) is 14.5 Å². The van der Waals surface area contributed by atoms with Gasteiger partial charge < -0.3 is 9.88 Å². The third-order valence-corrected chi connectivity index (χ3v) is 4.13. The fourth-order valence-corrected chi connectivity index (χ4v) is 3.00. The van der Waals surface area contributed by atoms with E-state index in [0.29, 0.717) is 18.2 Å². The van der Waals surface area contributed by atoms with Crippen LogP contribution in [0, 0.1) is 12.7 Å². The van der Waals surface area contributed by atoms with Gasteiger partial charge in [-0.25, -0.2) is 14.4 Å². The van der Waals surface area contributed by atoms with Gasteiger partial charge in [-0.05, 0) is 32.4 Å². The van der Waals surface area contributed by atoms with Crippen molar-refractivity contribution in [1.29, 1.82) is 0 Å². The van der Waals surface area contributed by atoms with Crippen LogP contribution in [-0.4, -0.2) is 20.6 Å². The summed E-state index contributed by atoms with van der Waals surface area (Å²) in [6, 6.07) is 9.14. The number of hydrogen-bond acceptors (Lipinski definition) is 3. The van der Waals surface area contributed by atoms with Crippen molar-refractivity contribution in [2.24, 2.45) is 0 Å². The molecule has 0 aliphatic carbocycles. The van der Waals surface area contributed by atoms with Crippen molar-refractivity contribution >= 4 is 16.9 Å². The average Bonchev–Trinajstić information content (AvgIpc) is 2.92. The largest absolute Gasteiger partial charge is 0.366 e. The second-order valence-electron chi connectivity index (χ2n) is 6.22. The lowest BCUT2D eigenvalue weighted by atomic mass is 10.2. The zero-order valence-electron chi connectivity index (χ0n) is 14.4. The van der Waals surface area contributed by atoms with Crippen LogP contribution in [0.5, 0.6) is 0 Å². The highest BCUT2D eigenvalue weighted by atomic mass is 19.1. The van der Waals surface area contributed by atoms with E-state index in [0.717, 1.165) is 35.5 Å². The van der Waals surface area contributed by atoms with E-state index in [2.05, 4.69) is 29.1 Å². The van der Waals surface area contributed by atoms with Crippen LogP contribution in [0.25, 0.3) is 11.0 Å². The van der Waals surface area contributed by atoms with Crippen LogP contribution in [-0.2, 0) is 6.54 Å². The molecule has 0 fully saturated rings. The highest BCUT2D eigenvalue weighted by Gasteiger charge is 2.14. The third kappa shape index (κ3) is 3.40. The lowest BCUT2D eigenvalue weighted by Crippen LogP contribution is -2.17. The average molecular weight is 326 g/mol. The van der Waals surface area contributed by atoms with E-state index in [1.807, 2.05) is 35.9 Å². The molecule has 0 radical (unpaired) electrons. The second-order valence-corrected chi connectivity index (χ2v) is 6.22. The van der Waals surface area contributed by atoms with Crippen LogP contribution in [0.15, 0.2) is 36.5 Å². The van der Waals surface area contributed by atoms with Crippen LogP contribution < -0.4 is 5.32 Å². The van der Waals surface area contributed by atoms with E-state index in [9.17, 15) is 4.39 Å². The van der Waals surface area contributed by atoms with E-state index in [4.69, 9.17) is 0 Å². The van der Waals surface area contributed by atoms with Gasteiger partial charge in [0.1, 0.15) is 17.2 Å². The molecule has 1 atom stereocenters. The lowest BCUT2D eigenvalue weighted by molar-refractivity contribution is 0.602. The molecule has 0 saturated heterocycles. The summed E-state index contributed by atoms with van der Waals surface area (Å²) in [7, 11) is 0. The highest BCUT2D eigenvalue weighted by Crippen LogP contribution is 2.24. The van der Waals surface area contributed by atoms with Gasteiger partial charge >= 0.3 is 0 Å². The molecule has 1 unspecified atom stereocenters. The molecule has 0 aliphatic rings. The predicted octanol–water partition coefficient (Wildman–Crippen LogP) is 4.53. The van der Waals surface area contributed by atoms with E-state index < -0.39 is 0 Å². The summed E-state index contributed by atoms with van der Waals surface area (Å²) >= 11 is 0. The first kappa shape index (κ1) is 16.4. The molecule has 3 rings (SSSR count). The van der Waals surface area contributed by atoms with Gasteiger partial charge in [0.05, 0.1) is 12.1 Å². The van der Waals surface area contributed by atoms with Crippen molar-refractivity contribution in [3.05, 3.63) is 53.7 Å². The number of aromatic nitrogens is 3. The van der Waals surface area contributed by atoms with E-state index in [-0.39, 0.29) is 5.82 Å². The SMILES string of the molecule is CCCC(C)Nc1nc(C)nc2ccn(Cc3ccccc3F)c12. The fourth-order valence-electron chi connectivity index (χ4n) is 3.00. The Morgan fingerprint density at radius 1 is 1.21 bits per heavy atom. The Morgan fingerprint density at radius 3 is 2.75 bits per heavy atom. The summed E-state index contributed by atoms with van der Waals surface area (Å²) in [5.74, 6) is 1.36. The van der Waals surface area contributed by atoms with Crippen molar-refractivity contribution in [3.8, 4) is 0 Å². The fraction of sp³-hybridized carbons (Fsp3) is 0.368. The molecule has 0 bridgehead atoms. The third-order valence-electron chi connectivity index (χ3n) is 4.13. The first-order valence-electron chi connectivity index (χ1n) is 8.42. The summed E-state index contributed by atoms with van der Waals surface area (Å²) in [6.45, 7) is 6.67. The molecule has 5 heteroatoms. The number of benzene rings is 1. The number of nitrogens with one attached hydrogen (secondary N) is 1. The molecule has 1 N–H and O–H groups in total. The summed E-state index contributed by atoms with van der Waals surface area (Å²) in [6.07, 6.45) is 4.12. The van der Waals surface area contributed by atoms with Crippen molar-refractivity contribution in [2.45, 2.75) is 46.2 Å². The van der Waals surface area contributed by atoms with E-state index >= 15 is 0 Å². The Hall–Kier alpha value is -2.43. The van der Waals surface area contributed by atoms with E-state index in [1.54, 1.807) is 6.07 Å². The highest BCUT2D eigenvalue weighted by molar-refractivity contribution is 5.86. The van der Waals surface area contributed by atoms with Gasteiger partial charge in [0.2, 0.25) is 0 Å². The quantitative estimate of drug-likeness (QED) is 0.724. The Labute approximate surface area is 141 Å². The number of anilines is 1. The molecule has 24 heavy (non-hydrogen) atoms. The molecule has 0 spiro atoms. The number of fused-ring (bicyclic) bond motifs is 1. The first-order chi connectivity index (χ1) is 11.6. The minimum absolute atomic E-state index is 0.193. The van der Waals surface area contributed by atoms with Crippen LogP contribution >= 0.6 is 0 Å². The second kappa shape index (κ2) is 6.99. The van der Waals surface area contributed by atoms with Crippen LogP contribution in [0.4, 0.5) is 10.2 Å². The molecule has 126 valence electrons. The topological polar surface area (TPSA) is 42.7 Å². The minimum atomic E-state index is -0.193. The Bertz CT molecular complexity index is 840. The van der Waals surface area contributed by atoms with Gasteiger partial charge in [-0.1, -0.05) is 31.5 Å². The maximum absolute atomic E-state index is 14.0. The van der Waals surface area contributed by atoms with Crippen LogP contribution in [0.3, 0.4) is 0 Å². The van der Waals surface area contributed by atoms with Crippen molar-refractivity contribution in [3.63, 3.8) is 0 Å². The molecule has 0 saturated carbocycles. The Balaban J connectivity index is 2.01. The van der Waals surface area contributed by atoms with Crippen molar-refractivity contribution in [2.75, 3.05) is 5.32 Å². The summed E-state index contributed by atoms with van der Waals surface area (Å²) < 4.78 is 16.0. The molecule has 4 nitrogen and oxygen atoms in total. The van der Waals surface area contributed by atoms with E-state index in [1.165, 1.54) is 6.07 Å². The van der Waals surface area contributed by atoms with Crippen LogP contribution in [0.1, 0.15) is 38.1 Å². The van der Waals surface area contributed by atoms with Gasteiger partial charge in [0.15, 0.2) is 5.82 Å². The normalized spacial score (nSPS) is 12.5. The summed E-state index contributed by atoms with van der Waals surface area (Å²) in [5.41, 5.74) is 2.46. The zero-order chi connectivity index (χ0) is 17.1. The smallest absolute Gasteiger partial charge is 0.154 e. The summed E-state index contributed by atoms with van der Waals surface area (Å²) in [5, 5.41) is 3.49. The Kier molecular flexibility index (Phi) is 4.79. The molecular formula is C19H23FN4. The Morgan fingerprint density at radius 2 is 2.00 bits per heavy atom. The van der Waals surface area contributed by atoms with Gasteiger partial charge in [0.25, 0.3) is 0 Å². The number of rotatable bonds is 6. The molecule has 2 aromatic heterocycles. The van der Waals surface area contributed by atoms with Gasteiger partial charge in [-0.3, -0.25) is 0 Å². The standard InChI is InChI=1S/C19H23FN4/c1-4-7-13(2)21-19-18-17(22-14(3)23-19)10-11-24(18)12-15-8-5-6-9-16(15)20/h5-6,8-11,13H,4,7,12H2,1-3H3,(H,21,22,23). The minimum Gasteiger partial charge on any atom is -0.366 e. The molecule has 3 aromatic rings. The molecular weight excluding hydrogens is 303 g/mol. The van der Waals surface area contributed by atoms with Gasteiger partial charge in [0, 0.05) is 17.8 Å². The number of hydrogen-bond donors (Lipinski definition) is 1. The molecule has 1 aromatic carbocycles. The maximum atomic E-state index is 14.0. The van der Waals surface area contributed by atoms with Crippen LogP contribution in [0.2, 0.25) is 0 Å².